The summed E-state index contributed by atoms with van der Waals surface area (Å²) in [5.74, 6) is 0.303. The lowest BCUT2D eigenvalue weighted by Crippen LogP contribution is -2.38. The number of rotatable bonds is 16. The van der Waals surface area contributed by atoms with Gasteiger partial charge in [-0.15, -0.1) is 0 Å². The highest BCUT2D eigenvalue weighted by Gasteiger charge is 2.24. The van der Waals surface area contributed by atoms with Crippen molar-refractivity contribution in [1.82, 2.24) is 10.3 Å². The molecule has 3 N–H and O–H groups in total. The van der Waals surface area contributed by atoms with Crippen molar-refractivity contribution in [3.05, 3.63) is 23.4 Å². The van der Waals surface area contributed by atoms with E-state index in [9.17, 15) is 9.59 Å². The van der Waals surface area contributed by atoms with Crippen molar-refractivity contribution in [1.29, 1.82) is 0 Å². The zero-order valence-electron chi connectivity index (χ0n) is 20.8. The van der Waals surface area contributed by atoms with Crippen LogP contribution in [0.1, 0.15) is 89.8 Å². The highest BCUT2D eigenvalue weighted by molar-refractivity contribution is 5.77. The predicted octanol–water partition coefficient (Wildman–Crippen LogP) is 4.74. The molecule has 2 heterocycles. The van der Waals surface area contributed by atoms with Crippen LogP contribution in [0.5, 0.6) is 0 Å². The number of carbonyl (C=O) groups is 2. The third-order valence-corrected chi connectivity index (χ3v) is 5.99. The van der Waals surface area contributed by atoms with Crippen molar-refractivity contribution in [2.45, 2.75) is 97.4 Å². The van der Waals surface area contributed by atoms with E-state index in [-0.39, 0.29) is 23.8 Å². The molecule has 0 fully saturated rings. The summed E-state index contributed by atoms with van der Waals surface area (Å²) in [6, 6.07) is 4.33. The van der Waals surface area contributed by atoms with E-state index in [1.165, 1.54) is 5.56 Å². The molecule has 0 aliphatic carbocycles. The van der Waals surface area contributed by atoms with Gasteiger partial charge in [0.1, 0.15) is 5.82 Å². The fourth-order valence-corrected chi connectivity index (χ4v) is 4.22. The third kappa shape index (κ3) is 11.0. The third-order valence-electron chi connectivity index (χ3n) is 5.99. The van der Waals surface area contributed by atoms with Gasteiger partial charge in [-0.05, 0) is 62.0 Å². The Morgan fingerprint density at radius 1 is 1.24 bits per heavy atom. The molecule has 1 aliphatic heterocycles. The van der Waals surface area contributed by atoms with Gasteiger partial charge in [0.2, 0.25) is 5.91 Å². The number of aryl methyl sites for hydroxylation is 2. The molecule has 0 bridgehead atoms. The van der Waals surface area contributed by atoms with Gasteiger partial charge in [0.25, 0.3) is 0 Å². The van der Waals surface area contributed by atoms with Gasteiger partial charge in [-0.2, -0.15) is 0 Å². The number of hydrogen-bond donors (Lipinski definition) is 3. The molecule has 186 valence electrons. The van der Waals surface area contributed by atoms with E-state index < -0.39 is 5.97 Å². The minimum atomic E-state index is -0.750. The van der Waals surface area contributed by atoms with Gasteiger partial charge in [0.05, 0.1) is 6.61 Å². The normalized spacial score (nSPS) is 14.3. The van der Waals surface area contributed by atoms with Gasteiger partial charge in [-0.3, -0.25) is 9.59 Å². The van der Waals surface area contributed by atoms with E-state index in [2.05, 4.69) is 43.5 Å². The number of anilines is 1. The summed E-state index contributed by atoms with van der Waals surface area (Å²) >= 11 is 0. The number of unbranched alkanes of at least 4 members (excludes halogenated alkanes) is 2. The summed E-state index contributed by atoms with van der Waals surface area (Å²) in [4.78, 5) is 28.4. The first kappa shape index (κ1) is 27.1. The number of nitrogens with one attached hydrogen (secondary N) is 2. The van der Waals surface area contributed by atoms with Gasteiger partial charge in [-0.1, -0.05) is 39.7 Å². The number of hydrogen-bond acceptors (Lipinski definition) is 5. The first-order valence-electron chi connectivity index (χ1n) is 12.6. The minimum absolute atomic E-state index is 0.0516. The average Bonchev–Trinajstić information content (AvgIpc) is 2.76. The molecule has 7 nitrogen and oxygen atoms in total. The Bertz CT molecular complexity index is 751. The fourth-order valence-electron chi connectivity index (χ4n) is 4.22. The van der Waals surface area contributed by atoms with Crippen molar-refractivity contribution in [3.63, 3.8) is 0 Å². The number of nitrogens with zero attached hydrogens (tertiary/aromatic N) is 1. The predicted molar refractivity (Wildman–Crippen MR) is 132 cm³/mol. The zero-order chi connectivity index (χ0) is 24.1. The molecule has 1 unspecified atom stereocenters. The Balaban J connectivity index is 1.89. The largest absolute Gasteiger partial charge is 0.481 e. The van der Waals surface area contributed by atoms with E-state index in [4.69, 9.17) is 14.8 Å². The van der Waals surface area contributed by atoms with Crippen molar-refractivity contribution in [3.8, 4) is 0 Å². The van der Waals surface area contributed by atoms with Crippen LogP contribution >= 0.6 is 0 Å². The molecular formula is C26H43N3O4. The molecule has 0 aromatic carbocycles. The summed E-state index contributed by atoms with van der Waals surface area (Å²) in [6.45, 7) is 8.46. The molecule has 1 aliphatic rings. The average molecular weight is 462 g/mol. The van der Waals surface area contributed by atoms with Crippen LogP contribution in [-0.2, 0) is 27.2 Å². The Hall–Kier alpha value is -2.15. The highest BCUT2D eigenvalue weighted by atomic mass is 16.5. The van der Waals surface area contributed by atoms with Gasteiger partial charge < -0.3 is 20.5 Å². The number of pyridine rings is 1. The number of carbonyl (C=O) groups excluding carboxylic acids is 1. The van der Waals surface area contributed by atoms with Crippen molar-refractivity contribution in [2.75, 3.05) is 25.1 Å². The van der Waals surface area contributed by atoms with Crippen molar-refractivity contribution in [2.24, 2.45) is 5.41 Å². The van der Waals surface area contributed by atoms with Crippen LogP contribution in [0.3, 0.4) is 0 Å². The van der Waals surface area contributed by atoms with E-state index >= 15 is 0 Å². The second-order valence-corrected chi connectivity index (χ2v) is 10.0. The smallest absolute Gasteiger partial charge is 0.303 e. The molecule has 33 heavy (non-hydrogen) atoms. The summed E-state index contributed by atoms with van der Waals surface area (Å²) in [5, 5.41) is 15.5. The van der Waals surface area contributed by atoms with Gasteiger partial charge >= 0.3 is 5.97 Å². The first-order chi connectivity index (χ1) is 15.8. The van der Waals surface area contributed by atoms with E-state index in [0.717, 1.165) is 69.4 Å². The molecule has 2 rings (SSSR count). The minimum Gasteiger partial charge on any atom is -0.481 e. The Morgan fingerprint density at radius 2 is 2.06 bits per heavy atom. The number of aliphatic carboxylic acids is 1. The van der Waals surface area contributed by atoms with Crippen LogP contribution in [0.25, 0.3) is 0 Å². The number of carboxylic acid groups (broad SMARTS) is 1. The van der Waals surface area contributed by atoms with Gasteiger partial charge in [-0.25, -0.2) is 4.98 Å². The summed E-state index contributed by atoms with van der Waals surface area (Å²) < 4.78 is 5.67. The van der Waals surface area contributed by atoms with E-state index in [0.29, 0.717) is 26.1 Å². The van der Waals surface area contributed by atoms with E-state index in [1.54, 1.807) is 0 Å². The monoisotopic (exact) mass is 461 g/mol. The molecule has 1 amide bonds. The number of carboxylic acids is 1. The molecule has 0 spiro atoms. The molecule has 1 aromatic rings. The van der Waals surface area contributed by atoms with Gasteiger partial charge in [0.15, 0.2) is 0 Å². The second-order valence-electron chi connectivity index (χ2n) is 10.0. The summed E-state index contributed by atoms with van der Waals surface area (Å²) in [7, 11) is 0. The Labute approximate surface area is 199 Å². The fraction of sp³-hybridized carbons (Fsp3) is 0.731. The second kappa shape index (κ2) is 14.2. The van der Waals surface area contributed by atoms with Crippen LogP contribution in [0.15, 0.2) is 12.1 Å². The maximum atomic E-state index is 12.8. The molecule has 1 aromatic heterocycles. The lowest BCUT2D eigenvalue weighted by atomic mass is 9.89. The first-order valence-corrected chi connectivity index (χ1v) is 12.6. The molecule has 0 saturated carbocycles. The molecule has 0 radical (unpaired) electrons. The maximum absolute atomic E-state index is 12.8. The Morgan fingerprint density at radius 3 is 2.82 bits per heavy atom. The number of ether oxygens (including phenoxy) is 1. The van der Waals surface area contributed by atoms with Crippen molar-refractivity contribution >= 4 is 17.7 Å². The summed E-state index contributed by atoms with van der Waals surface area (Å²) in [5.41, 5.74) is 2.11. The zero-order valence-corrected chi connectivity index (χ0v) is 20.8. The summed E-state index contributed by atoms with van der Waals surface area (Å²) in [6.07, 6.45) is 8.72. The number of aromatic nitrogens is 1. The number of fused-ring (bicyclic) bond motifs is 1. The van der Waals surface area contributed by atoms with E-state index in [1.807, 2.05) is 0 Å². The Kier molecular flexibility index (Phi) is 11.6. The molecule has 0 saturated heterocycles. The standard InChI is InChI=1S/C26H43N3O4/c1-4-17-33-19-26(2,3)18-23(30)28-21(10-6-5-7-11-24(31)32)14-15-22-13-12-20-9-8-16-27-25(20)29-22/h12-13,21H,4-11,14-19H2,1-3H3,(H,27,29)(H,28,30)(H,31,32). The molecule has 7 heteroatoms. The maximum Gasteiger partial charge on any atom is 0.303 e. The highest BCUT2D eigenvalue weighted by Crippen LogP contribution is 2.23. The van der Waals surface area contributed by atoms with Crippen LogP contribution in [-0.4, -0.2) is 47.8 Å². The quantitative estimate of drug-likeness (QED) is 0.308. The van der Waals surface area contributed by atoms with Crippen LogP contribution in [0.4, 0.5) is 5.82 Å². The van der Waals surface area contributed by atoms with Gasteiger partial charge in [0, 0.05) is 37.7 Å². The van der Waals surface area contributed by atoms with Crippen LogP contribution in [0.2, 0.25) is 0 Å². The SMILES string of the molecule is CCCOCC(C)(C)CC(=O)NC(CCCCCC(=O)O)CCc1ccc2c(n1)NCCC2. The topological polar surface area (TPSA) is 101 Å². The van der Waals surface area contributed by atoms with Crippen LogP contribution in [0, 0.1) is 5.41 Å². The molecule has 1 atom stereocenters. The lowest BCUT2D eigenvalue weighted by Gasteiger charge is -2.26. The number of amides is 1. The van der Waals surface area contributed by atoms with Crippen molar-refractivity contribution < 1.29 is 19.4 Å². The van der Waals surface area contributed by atoms with Crippen LogP contribution < -0.4 is 10.6 Å². The lowest BCUT2D eigenvalue weighted by molar-refractivity contribution is -0.137. The molecular weight excluding hydrogens is 418 g/mol.